The molecular formula is C13H19NO. The predicted octanol–water partition coefficient (Wildman–Crippen LogP) is 2.68. The van der Waals surface area contributed by atoms with Gasteiger partial charge in [0.15, 0.2) is 0 Å². The highest BCUT2D eigenvalue weighted by atomic mass is 16.5. The van der Waals surface area contributed by atoms with Crippen LogP contribution in [0.15, 0.2) is 24.3 Å². The highest BCUT2D eigenvalue weighted by molar-refractivity contribution is 5.33. The summed E-state index contributed by atoms with van der Waals surface area (Å²) in [6.07, 6.45) is 3.43. The topological polar surface area (TPSA) is 35.2 Å². The van der Waals surface area contributed by atoms with Crippen LogP contribution in [0.25, 0.3) is 0 Å². The fraction of sp³-hybridized carbons (Fsp3) is 0.538. The minimum Gasteiger partial charge on any atom is -0.494 e. The summed E-state index contributed by atoms with van der Waals surface area (Å²) in [4.78, 5) is 0. The number of nitrogens with two attached hydrogens (primary N) is 1. The number of benzene rings is 1. The molecule has 0 amide bonds. The van der Waals surface area contributed by atoms with Crippen LogP contribution >= 0.6 is 0 Å². The van der Waals surface area contributed by atoms with Crippen LogP contribution in [-0.4, -0.2) is 12.6 Å². The lowest BCUT2D eigenvalue weighted by Crippen LogP contribution is -2.01. The van der Waals surface area contributed by atoms with Gasteiger partial charge in [0.2, 0.25) is 0 Å². The van der Waals surface area contributed by atoms with Crippen LogP contribution in [0.5, 0.6) is 5.75 Å². The van der Waals surface area contributed by atoms with Gasteiger partial charge >= 0.3 is 0 Å². The number of hydrogen-bond donors (Lipinski definition) is 1. The zero-order valence-electron chi connectivity index (χ0n) is 9.28. The molecule has 0 radical (unpaired) electrons. The molecule has 0 bridgehead atoms. The summed E-state index contributed by atoms with van der Waals surface area (Å²) in [6, 6.07) is 8.76. The molecule has 0 saturated heterocycles. The second kappa shape index (κ2) is 4.67. The summed E-state index contributed by atoms with van der Waals surface area (Å²) in [6.45, 7) is 2.99. The van der Waals surface area contributed by atoms with Crippen molar-refractivity contribution in [3.8, 4) is 5.75 Å². The lowest BCUT2D eigenvalue weighted by molar-refractivity contribution is 0.309. The van der Waals surface area contributed by atoms with E-state index in [0.717, 1.165) is 25.2 Å². The summed E-state index contributed by atoms with van der Waals surface area (Å²) in [5, 5.41) is 0. The average Bonchev–Trinajstić information content (AvgIpc) is 2.97. The van der Waals surface area contributed by atoms with Crippen molar-refractivity contribution in [1.82, 2.24) is 0 Å². The molecule has 1 saturated carbocycles. The normalized spacial score (nSPS) is 23.9. The van der Waals surface area contributed by atoms with Gasteiger partial charge in [-0.3, -0.25) is 0 Å². The second-order valence-electron chi connectivity index (χ2n) is 4.28. The maximum absolute atomic E-state index is 5.80. The lowest BCUT2D eigenvalue weighted by atomic mass is 10.1. The molecule has 2 nitrogen and oxygen atoms in total. The van der Waals surface area contributed by atoms with Gasteiger partial charge in [0.05, 0.1) is 6.61 Å². The summed E-state index contributed by atoms with van der Waals surface area (Å²) < 4.78 is 5.60. The van der Waals surface area contributed by atoms with Crippen molar-refractivity contribution in [2.24, 2.45) is 5.73 Å². The molecule has 0 aromatic heterocycles. The Kier molecular flexibility index (Phi) is 3.27. The molecule has 2 heteroatoms. The second-order valence-corrected chi connectivity index (χ2v) is 4.28. The van der Waals surface area contributed by atoms with Crippen molar-refractivity contribution in [2.75, 3.05) is 6.61 Å². The summed E-state index contributed by atoms with van der Waals surface area (Å²) in [5.74, 6) is 1.57. The maximum atomic E-state index is 5.80. The van der Waals surface area contributed by atoms with E-state index in [-0.39, 0.29) is 0 Å². The number of hydrogen-bond acceptors (Lipinski definition) is 2. The first kappa shape index (κ1) is 10.5. The van der Waals surface area contributed by atoms with Crippen molar-refractivity contribution in [1.29, 1.82) is 0 Å². The van der Waals surface area contributed by atoms with Gasteiger partial charge in [0, 0.05) is 12.0 Å². The zero-order valence-corrected chi connectivity index (χ0v) is 9.28. The Morgan fingerprint density at radius 2 is 2.00 bits per heavy atom. The van der Waals surface area contributed by atoms with Crippen LogP contribution in [0.2, 0.25) is 0 Å². The highest BCUT2D eigenvalue weighted by Gasteiger charge is 2.34. The number of ether oxygens (including phenoxy) is 1. The Bertz CT molecular complexity index is 307. The molecular weight excluding hydrogens is 186 g/mol. The van der Waals surface area contributed by atoms with Crippen molar-refractivity contribution in [3.05, 3.63) is 29.8 Å². The Hall–Kier alpha value is -1.02. The van der Waals surface area contributed by atoms with Gasteiger partial charge in [-0.1, -0.05) is 25.5 Å². The zero-order chi connectivity index (χ0) is 10.7. The smallest absolute Gasteiger partial charge is 0.119 e. The van der Waals surface area contributed by atoms with Crippen LogP contribution in [0, 0.1) is 0 Å². The Labute approximate surface area is 91.4 Å². The van der Waals surface area contributed by atoms with E-state index in [9.17, 15) is 0 Å². The first-order valence-corrected chi connectivity index (χ1v) is 5.79. The Balaban J connectivity index is 1.87. The van der Waals surface area contributed by atoms with Crippen LogP contribution in [0.3, 0.4) is 0 Å². The molecule has 2 atom stereocenters. The highest BCUT2D eigenvalue weighted by Crippen LogP contribution is 2.39. The molecule has 0 heterocycles. The fourth-order valence-electron chi connectivity index (χ4n) is 1.74. The average molecular weight is 205 g/mol. The number of rotatable bonds is 5. The first-order chi connectivity index (χ1) is 7.31. The first-order valence-electron chi connectivity index (χ1n) is 5.79. The Morgan fingerprint density at radius 3 is 2.53 bits per heavy atom. The molecule has 1 fully saturated rings. The molecule has 1 aliphatic carbocycles. The molecule has 15 heavy (non-hydrogen) atoms. The summed E-state index contributed by atoms with van der Waals surface area (Å²) in [7, 11) is 0. The van der Waals surface area contributed by atoms with Gasteiger partial charge in [-0.2, -0.15) is 0 Å². The van der Waals surface area contributed by atoms with E-state index in [2.05, 4.69) is 31.2 Å². The predicted molar refractivity (Wildman–Crippen MR) is 62.2 cm³/mol. The van der Waals surface area contributed by atoms with E-state index in [1.807, 2.05) is 0 Å². The molecule has 2 rings (SSSR count). The third-order valence-electron chi connectivity index (χ3n) is 2.91. The quantitative estimate of drug-likeness (QED) is 0.750. The largest absolute Gasteiger partial charge is 0.494 e. The van der Waals surface area contributed by atoms with E-state index in [1.54, 1.807) is 0 Å². The molecule has 1 aromatic carbocycles. The molecule has 1 aromatic rings. The summed E-state index contributed by atoms with van der Waals surface area (Å²) in [5.41, 5.74) is 7.16. The van der Waals surface area contributed by atoms with Gasteiger partial charge in [-0.25, -0.2) is 0 Å². The van der Waals surface area contributed by atoms with E-state index in [0.29, 0.717) is 12.0 Å². The minimum absolute atomic E-state index is 0.386. The van der Waals surface area contributed by atoms with Crippen molar-refractivity contribution >= 4 is 0 Å². The maximum Gasteiger partial charge on any atom is 0.119 e. The molecule has 0 aliphatic heterocycles. The molecule has 2 unspecified atom stereocenters. The van der Waals surface area contributed by atoms with Gasteiger partial charge in [0.25, 0.3) is 0 Å². The van der Waals surface area contributed by atoms with Crippen LogP contribution in [0.1, 0.15) is 37.7 Å². The minimum atomic E-state index is 0.386. The van der Waals surface area contributed by atoms with Crippen molar-refractivity contribution in [2.45, 2.75) is 38.1 Å². The molecule has 2 N–H and O–H groups in total. The monoisotopic (exact) mass is 205 g/mol. The van der Waals surface area contributed by atoms with E-state index in [4.69, 9.17) is 10.5 Å². The standard InChI is InChI=1S/C13H19NO/c1-2-3-8-15-11-6-4-10(5-7-11)12-9-13(12)14/h4-7,12-13H,2-3,8-9,14H2,1H3. The van der Waals surface area contributed by atoms with Crippen molar-refractivity contribution < 1.29 is 4.74 Å². The third-order valence-corrected chi connectivity index (χ3v) is 2.91. The van der Waals surface area contributed by atoms with E-state index < -0.39 is 0 Å². The summed E-state index contributed by atoms with van der Waals surface area (Å²) >= 11 is 0. The number of unbranched alkanes of at least 4 members (excludes halogenated alkanes) is 1. The van der Waals surface area contributed by atoms with Gasteiger partial charge in [0.1, 0.15) is 5.75 Å². The fourth-order valence-corrected chi connectivity index (χ4v) is 1.74. The Morgan fingerprint density at radius 1 is 1.33 bits per heavy atom. The molecule has 82 valence electrons. The molecule has 0 spiro atoms. The van der Waals surface area contributed by atoms with Crippen LogP contribution < -0.4 is 10.5 Å². The van der Waals surface area contributed by atoms with E-state index >= 15 is 0 Å². The van der Waals surface area contributed by atoms with Gasteiger partial charge < -0.3 is 10.5 Å². The van der Waals surface area contributed by atoms with Crippen LogP contribution in [0.4, 0.5) is 0 Å². The van der Waals surface area contributed by atoms with Crippen molar-refractivity contribution in [3.63, 3.8) is 0 Å². The van der Waals surface area contributed by atoms with E-state index in [1.165, 1.54) is 12.0 Å². The SMILES string of the molecule is CCCCOc1ccc(C2CC2N)cc1. The van der Waals surface area contributed by atoms with Gasteiger partial charge in [-0.05, 0) is 30.5 Å². The lowest BCUT2D eigenvalue weighted by Gasteiger charge is -2.06. The molecule has 1 aliphatic rings. The van der Waals surface area contributed by atoms with Gasteiger partial charge in [-0.15, -0.1) is 0 Å². The third kappa shape index (κ3) is 2.72. The van der Waals surface area contributed by atoms with Crippen LogP contribution in [-0.2, 0) is 0 Å².